The molecule has 0 bridgehead atoms. The van der Waals surface area contributed by atoms with Gasteiger partial charge in [-0.25, -0.2) is 4.98 Å². The van der Waals surface area contributed by atoms with E-state index in [9.17, 15) is 9.59 Å². The zero-order chi connectivity index (χ0) is 23.0. The third-order valence-electron chi connectivity index (χ3n) is 5.04. The fraction of sp³-hybridized carbons (Fsp3) is 0.130. The standard InChI is InChI=1S/C23H18Cl2N4O2S/c1-12-18(13(2)29(3)28-12)20(30)22(31)27-23-26-19(14-8-4-6-10-16(14)24)21(32-23)15-9-5-7-11-17(15)25/h4-11H,1-3H3,(H,26,27,31). The molecule has 0 aliphatic heterocycles. The van der Waals surface area contributed by atoms with Crippen LogP contribution in [-0.4, -0.2) is 26.5 Å². The van der Waals surface area contributed by atoms with E-state index in [1.807, 2.05) is 36.4 Å². The Labute approximate surface area is 198 Å². The van der Waals surface area contributed by atoms with E-state index in [0.29, 0.717) is 38.3 Å². The van der Waals surface area contributed by atoms with Crippen LogP contribution in [0, 0.1) is 13.8 Å². The molecule has 0 fully saturated rings. The number of thiazole rings is 1. The molecular formula is C23H18Cl2N4O2S. The van der Waals surface area contributed by atoms with Crippen molar-refractivity contribution in [2.24, 2.45) is 7.05 Å². The summed E-state index contributed by atoms with van der Waals surface area (Å²) in [7, 11) is 1.73. The van der Waals surface area contributed by atoms with Crippen LogP contribution >= 0.6 is 34.5 Å². The summed E-state index contributed by atoms with van der Waals surface area (Å²) >= 11 is 14.1. The van der Waals surface area contributed by atoms with Crippen LogP contribution < -0.4 is 5.32 Å². The third-order valence-corrected chi connectivity index (χ3v) is 6.70. The van der Waals surface area contributed by atoms with E-state index in [2.05, 4.69) is 15.4 Å². The van der Waals surface area contributed by atoms with Crippen molar-refractivity contribution in [3.63, 3.8) is 0 Å². The number of hydrogen-bond acceptors (Lipinski definition) is 5. The fourth-order valence-electron chi connectivity index (χ4n) is 3.41. The van der Waals surface area contributed by atoms with Crippen molar-refractivity contribution < 1.29 is 9.59 Å². The van der Waals surface area contributed by atoms with Crippen LogP contribution in [0.4, 0.5) is 5.13 Å². The largest absolute Gasteiger partial charge is 0.298 e. The van der Waals surface area contributed by atoms with Crippen molar-refractivity contribution >= 4 is 51.4 Å². The van der Waals surface area contributed by atoms with E-state index in [0.717, 1.165) is 10.4 Å². The van der Waals surface area contributed by atoms with Gasteiger partial charge in [0.2, 0.25) is 0 Å². The number of nitrogens with one attached hydrogen (secondary N) is 1. The zero-order valence-electron chi connectivity index (χ0n) is 17.4. The molecule has 4 rings (SSSR count). The molecule has 4 aromatic rings. The molecule has 9 heteroatoms. The molecule has 2 aromatic carbocycles. The van der Waals surface area contributed by atoms with Crippen molar-refractivity contribution in [2.75, 3.05) is 5.32 Å². The Morgan fingerprint density at radius 2 is 1.56 bits per heavy atom. The number of rotatable bonds is 5. The molecule has 1 N–H and O–H groups in total. The predicted molar refractivity (Wildman–Crippen MR) is 129 cm³/mol. The number of anilines is 1. The summed E-state index contributed by atoms with van der Waals surface area (Å²) in [5.74, 6) is -1.45. The molecule has 0 aliphatic carbocycles. The number of nitrogens with zero attached hydrogens (tertiary/aromatic N) is 3. The second-order valence-corrected chi connectivity index (χ2v) is 8.92. The number of aromatic nitrogens is 3. The lowest BCUT2D eigenvalue weighted by atomic mass is 10.1. The first-order chi connectivity index (χ1) is 15.3. The lowest BCUT2D eigenvalue weighted by Gasteiger charge is -2.06. The monoisotopic (exact) mass is 484 g/mol. The van der Waals surface area contributed by atoms with E-state index in [-0.39, 0.29) is 5.13 Å². The van der Waals surface area contributed by atoms with Crippen molar-refractivity contribution in [3.05, 3.63) is 75.5 Å². The first kappa shape index (κ1) is 22.2. The van der Waals surface area contributed by atoms with Gasteiger partial charge in [0.15, 0.2) is 5.13 Å². The Balaban J connectivity index is 1.75. The molecule has 1 amide bonds. The smallest absolute Gasteiger partial charge is 0.295 e. The molecular weight excluding hydrogens is 467 g/mol. The van der Waals surface area contributed by atoms with E-state index in [1.54, 1.807) is 37.7 Å². The number of ketones is 1. The Bertz CT molecular complexity index is 1300. The minimum Gasteiger partial charge on any atom is -0.295 e. The number of benzene rings is 2. The second-order valence-electron chi connectivity index (χ2n) is 7.11. The maximum atomic E-state index is 12.8. The maximum Gasteiger partial charge on any atom is 0.298 e. The fourth-order valence-corrected chi connectivity index (χ4v) is 4.93. The first-order valence-corrected chi connectivity index (χ1v) is 11.2. The highest BCUT2D eigenvalue weighted by Crippen LogP contribution is 2.43. The van der Waals surface area contributed by atoms with Crippen molar-refractivity contribution in [1.29, 1.82) is 0 Å². The Morgan fingerprint density at radius 3 is 2.12 bits per heavy atom. The summed E-state index contributed by atoms with van der Waals surface area (Å²) in [5.41, 5.74) is 3.44. The van der Waals surface area contributed by atoms with Gasteiger partial charge in [0, 0.05) is 28.9 Å². The summed E-state index contributed by atoms with van der Waals surface area (Å²) in [5, 5.41) is 8.18. The van der Waals surface area contributed by atoms with Gasteiger partial charge in [-0.05, 0) is 26.0 Å². The summed E-state index contributed by atoms with van der Waals surface area (Å²) in [4.78, 5) is 30.9. The molecule has 162 valence electrons. The number of carbonyl (C=O) groups excluding carboxylic acids is 2. The topological polar surface area (TPSA) is 76.9 Å². The van der Waals surface area contributed by atoms with Crippen LogP contribution in [0.2, 0.25) is 10.0 Å². The van der Waals surface area contributed by atoms with E-state index in [1.165, 1.54) is 11.3 Å². The molecule has 32 heavy (non-hydrogen) atoms. The summed E-state index contributed by atoms with van der Waals surface area (Å²) < 4.78 is 1.57. The van der Waals surface area contributed by atoms with Crippen LogP contribution in [0.3, 0.4) is 0 Å². The second kappa shape index (κ2) is 8.86. The van der Waals surface area contributed by atoms with Crippen LogP contribution in [0.1, 0.15) is 21.7 Å². The molecule has 0 saturated heterocycles. The van der Waals surface area contributed by atoms with E-state index < -0.39 is 11.7 Å². The average Bonchev–Trinajstić information content (AvgIpc) is 3.28. The quantitative estimate of drug-likeness (QED) is 0.280. The third kappa shape index (κ3) is 4.07. The van der Waals surface area contributed by atoms with Gasteiger partial charge in [0.25, 0.3) is 11.7 Å². The average molecular weight is 485 g/mol. The molecule has 0 atom stereocenters. The highest BCUT2D eigenvalue weighted by Gasteiger charge is 2.26. The van der Waals surface area contributed by atoms with Gasteiger partial charge in [-0.1, -0.05) is 70.9 Å². The summed E-state index contributed by atoms with van der Waals surface area (Å²) in [6.07, 6.45) is 0. The number of Topliss-reactive ketones (excluding diaryl/α,β-unsaturated/α-hetero) is 1. The van der Waals surface area contributed by atoms with Crippen molar-refractivity contribution in [1.82, 2.24) is 14.8 Å². The lowest BCUT2D eigenvalue weighted by Crippen LogP contribution is -2.23. The minimum atomic E-state index is -0.783. The molecule has 0 unspecified atom stereocenters. The number of aryl methyl sites for hydroxylation is 2. The van der Waals surface area contributed by atoms with E-state index >= 15 is 0 Å². The van der Waals surface area contributed by atoms with Gasteiger partial charge in [0.05, 0.1) is 26.9 Å². The number of hydrogen-bond donors (Lipinski definition) is 1. The predicted octanol–water partition coefficient (Wildman–Crippen LogP) is 5.96. The normalized spacial score (nSPS) is 10.9. The van der Waals surface area contributed by atoms with Crippen LogP contribution in [0.5, 0.6) is 0 Å². The SMILES string of the molecule is Cc1nn(C)c(C)c1C(=O)C(=O)Nc1nc(-c2ccccc2Cl)c(-c2ccccc2Cl)s1. The maximum absolute atomic E-state index is 12.8. The molecule has 0 spiro atoms. The number of amides is 1. The van der Waals surface area contributed by atoms with Crippen molar-refractivity contribution in [2.45, 2.75) is 13.8 Å². The van der Waals surface area contributed by atoms with Crippen molar-refractivity contribution in [3.8, 4) is 21.7 Å². The summed E-state index contributed by atoms with van der Waals surface area (Å²) in [6, 6.07) is 14.6. The van der Waals surface area contributed by atoms with Gasteiger partial charge < -0.3 is 0 Å². The number of halogens is 2. The van der Waals surface area contributed by atoms with Gasteiger partial charge >= 0.3 is 0 Å². The Kier molecular flexibility index (Phi) is 6.15. The molecule has 2 heterocycles. The van der Waals surface area contributed by atoms with Gasteiger partial charge in [-0.3, -0.25) is 19.6 Å². The van der Waals surface area contributed by atoms with E-state index in [4.69, 9.17) is 23.2 Å². The lowest BCUT2D eigenvalue weighted by molar-refractivity contribution is -0.112. The van der Waals surface area contributed by atoms with Gasteiger partial charge in [0.1, 0.15) is 0 Å². The zero-order valence-corrected chi connectivity index (χ0v) is 19.8. The first-order valence-electron chi connectivity index (χ1n) is 9.64. The minimum absolute atomic E-state index is 0.271. The van der Waals surface area contributed by atoms with Crippen LogP contribution in [0.15, 0.2) is 48.5 Å². The molecule has 0 radical (unpaired) electrons. The summed E-state index contributed by atoms with van der Waals surface area (Å²) in [6.45, 7) is 3.44. The molecule has 2 aromatic heterocycles. The van der Waals surface area contributed by atoms with Crippen LogP contribution in [-0.2, 0) is 11.8 Å². The highest BCUT2D eigenvalue weighted by molar-refractivity contribution is 7.19. The molecule has 6 nitrogen and oxygen atoms in total. The van der Waals surface area contributed by atoms with Gasteiger partial charge in [-0.15, -0.1) is 0 Å². The number of carbonyl (C=O) groups is 2. The van der Waals surface area contributed by atoms with Gasteiger partial charge in [-0.2, -0.15) is 5.10 Å². The Morgan fingerprint density at radius 1 is 0.969 bits per heavy atom. The Hall–Kier alpha value is -3.00. The highest BCUT2D eigenvalue weighted by atomic mass is 35.5. The molecule has 0 aliphatic rings. The molecule has 0 saturated carbocycles. The van der Waals surface area contributed by atoms with Crippen LogP contribution in [0.25, 0.3) is 21.7 Å².